The maximum absolute atomic E-state index is 15.0. The van der Waals surface area contributed by atoms with Gasteiger partial charge in [-0.1, -0.05) is 29.8 Å². The highest BCUT2D eigenvalue weighted by Gasteiger charge is 2.35. The van der Waals surface area contributed by atoms with E-state index in [1.165, 1.54) is 29.7 Å². The maximum Gasteiger partial charge on any atom is 0.238 e. The summed E-state index contributed by atoms with van der Waals surface area (Å²) in [5.41, 5.74) is 2.28. The molecule has 2 aliphatic rings. The first-order valence-corrected chi connectivity index (χ1v) is 13.0. The number of halogens is 1. The van der Waals surface area contributed by atoms with Crippen LogP contribution in [0.5, 0.6) is 0 Å². The van der Waals surface area contributed by atoms with E-state index in [-0.39, 0.29) is 16.7 Å². The molecule has 10 heteroatoms. The number of benzene rings is 2. The third-order valence-electron chi connectivity index (χ3n) is 6.33. The molecule has 180 valence electrons. The number of morpholine rings is 1. The quantitative estimate of drug-likeness (QED) is 0.552. The highest BCUT2D eigenvalue weighted by molar-refractivity contribution is 7.89. The van der Waals surface area contributed by atoms with Crippen molar-refractivity contribution >= 4 is 10.0 Å². The molecule has 0 spiro atoms. The van der Waals surface area contributed by atoms with Gasteiger partial charge in [-0.25, -0.2) is 27.6 Å². The van der Waals surface area contributed by atoms with Crippen molar-refractivity contribution in [2.24, 2.45) is 11.1 Å². The Labute approximate surface area is 198 Å². The lowest BCUT2D eigenvalue weighted by molar-refractivity contribution is -0.0425. The lowest BCUT2D eigenvalue weighted by atomic mass is 10.1. The largest absolute Gasteiger partial charge is 0.375 e. The number of aryl methyl sites for hydroxylation is 1. The van der Waals surface area contributed by atoms with Crippen LogP contribution in [0, 0.1) is 18.7 Å². The van der Waals surface area contributed by atoms with E-state index in [1.807, 2.05) is 25.1 Å². The zero-order valence-electron chi connectivity index (χ0n) is 19.0. The Morgan fingerprint density at radius 1 is 1.21 bits per heavy atom. The van der Waals surface area contributed by atoms with E-state index >= 15 is 4.39 Å². The molecule has 3 aromatic rings. The molecule has 2 N–H and O–H groups in total. The van der Waals surface area contributed by atoms with Crippen LogP contribution in [0.2, 0.25) is 0 Å². The number of hydrogen-bond donors (Lipinski definition) is 1. The summed E-state index contributed by atoms with van der Waals surface area (Å²) in [6, 6.07) is 11.6. The zero-order chi connectivity index (χ0) is 23.9. The molecule has 0 bridgehead atoms. The molecule has 1 unspecified atom stereocenters. The van der Waals surface area contributed by atoms with Gasteiger partial charge in [-0.05, 0) is 49.4 Å². The minimum absolute atomic E-state index is 0.131. The summed E-state index contributed by atoms with van der Waals surface area (Å²) in [6.45, 7) is 4.87. The van der Waals surface area contributed by atoms with Gasteiger partial charge in [0, 0.05) is 19.5 Å². The number of nitrogens with two attached hydrogens (primary N) is 1. The number of hydrogen-bond acceptors (Lipinski definition) is 6. The predicted octanol–water partition coefficient (Wildman–Crippen LogP) is 2.56. The Kier molecular flexibility index (Phi) is 6.24. The van der Waals surface area contributed by atoms with Gasteiger partial charge in [-0.15, -0.1) is 5.10 Å². The third-order valence-corrected chi connectivity index (χ3v) is 7.24. The molecule has 2 aromatic carbocycles. The van der Waals surface area contributed by atoms with Gasteiger partial charge in [0.25, 0.3) is 0 Å². The standard InChI is InChI=1S/C24H28FN5O3S/c1-16-3-2-4-17(11-16)12-24-27-23(15-29-9-10-33-22(14-29)18-5-6-18)28-30(24)21-8-7-19(13-20(21)25)34(26,31)32/h2-4,7-8,11,13,18,22H,5-6,9-10,12,14-15H2,1H3,(H2,26,31,32). The van der Waals surface area contributed by atoms with Crippen molar-refractivity contribution in [1.29, 1.82) is 0 Å². The SMILES string of the molecule is Cc1cccc(Cc2nc(CN3CCOC(C4CC4)C3)nn2-c2ccc(S(N)(=O)=O)cc2F)c1. The minimum atomic E-state index is -4.01. The van der Waals surface area contributed by atoms with Gasteiger partial charge in [0.2, 0.25) is 10.0 Å². The van der Waals surface area contributed by atoms with Gasteiger partial charge in [-0.3, -0.25) is 4.90 Å². The van der Waals surface area contributed by atoms with E-state index < -0.39 is 15.8 Å². The lowest BCUT2D eigenvalue weighted by Crippen LogP contribution is -2.43. The maximum atomic E-state index is 15.0. The summed E-state index contributed by atoms with van der Waals surface area (Å²) in [5.74, 6) is 1.09. The van der Waals surface area contributed by atoms with E-state index in [0.717, 1.165) is 30.3 Å². The smallest absolute Gasteiger partial charge is 0.238 e. The highest BCUT2D eigenvalue weighted by Crippen LogP contribution is 2.35. The van der Waals surface area contributed by atoms with Crippen LogP contribution in [0.15, 0.2) is 47.4 Å². The minimum Gasteiger partial charge on any atom is -0.375 e. The van der Waals surface area contributed by atoms with Crippen LogP contribution in [0.25, 0.3) is 5.69 Å². The molecule has 5 rings (SSSR count). The number of primary sulfonamides is 1. The summed E-state index contributed by atoms with van der Waals surface area (Å²) >= 11 is 0. The van der Waals surface area contributed by atoms with Gasteiger partial charge in [0.1, 0.15) is 17.3 Å². The second-order valence-corrected chi connectivity index (χ2v) is 10.7. The Morgan fingerprint density at radius 2 is 2.03 bits per heavy atom. The summed E-state index contributed by atoms with van der Waals surface area (Å²) in [7, 11) is -4.01. The molecule has 2 heterocycles. The number of ether oxygens (including phenoxy) is 1. The molecule has 0 amide bonds. The van der Waals surface area contributed by atoms with Crippen molar-refractivity contribution in [2.75, 3.05) is 19.7 Å². The predicted molar refractivity (Wildman–Crippen MR) is 124 cm³/mol. The Morgan fingerprint density at radius 3 is 2.74 bits per heavy atom. The fourth-order valence-electron chi connectivity index (χ4n) is 4.44. The number of nitrogens with zero attached hydrogens (tertiary/aromatic N) is 4. The van der Waals surface area contributed by atoms with E-state index in [2.05, 4.69) is 16.1 Å². The molecular formula is C24H28FN5O3S. The normalized spacial score (nSPS) is 19.4. The van der Waals surface area contributed by atoms with Crippen molar-refractivity contribution in [2.45, 2.75) is 43.7 Å². The average molecular weight is 486 g/mol. The summed E-state index contributed by atoms with van der Waals surface area (Å²) < 4.78 is 45.7. The molecule has 1 saturated heterocycles. The van der Waals surface area contributed by atoms with Crippen LogP contribution in [0.3, 0.4) is 0 Å². The van der Waals surface area contributed by atoms with Crippen LogP contribution in [-0.4, -0.2) is 53.9 Å². The number of aromatic nitrogens is 3. The second kappa shape index (κ2) is 9.18. The molecule has 1 aromatic heterocycles. The van der Waals surface area contributed by atoms with E-state index in [0.29, 0.717) is 37.1 Å². The van der Waals surface area contributed by atoms with Gasteiger partial charge in [0.05, 0.1) is 24.2 Å². The monoisotopic (exact) mass is 485 g/mol. The van der Waals surface area contributed by atoms with Crippen LogP contribution < -0.4 is 5.14 Å². The Balaban J connectivity index is 1.47. The first kappa shape index (κ1) is 23.1. The van der Waals surface area contributed by atoms with Crippen molar-refractivity contribution in [1.82, 2.24) is 19.7 Å². The Hall–Kier alpha value is -2.66. The van der Waals surface area contributed by atoms with Gasteiger partial charge in [-0.2, -0.15) is 0 Å². The van der Waals surface area contributed by atoms with Gasteiger partial charge < -0.3 is 4.74 Å². The molecule has 1 aliphatic carbocycles. The third kappa shape index (κ3) is 5.20. The summed E-state index contributed by atoms with van der Waals surface area (Å²) in [6.07, 6.45) is 3.16. The van der Waals surface area contributed by atoms with Crippen LogP contribution in [0.4, 0.5) is 4.39 Å². The van der Waals surface area contributed by atoms with E-state index in [9.17, 15) is 8.42 Å². The van der Waals surface area contributed by atoms with Gasteiger partial charge in [0.15, 0.2) is 5.82 Å². The highest BCUT2D eigenvalue weighted by atomic mass is 32.2. The lowest BCUT2D eigenvalue weighted by Gasteiger charge is -2.32. The molecule has 8 nitrogen and oxygen atoms in total. The van der Waals surface area contributed by atoms with Gasteiger partial charge >= 0.3 is 0 Å². The number of rotatable bonds is 7. The van der Waals surface area contributed by atoms with E-state index in [4.69, 9.17) is 14.9 Å². The number of sulfonamides is 1. The molecule has 1 saturated carbocycles. The van der Waals surface area contributed by atoms with Crippen LogP contribution in [-0.2, 0) is 27.7 Å². The van der Waals surface area contributed by atoms with Crippen molar-refractivity contribution < 1.29 is 17.5 Å². The summed E-state index contributed by atoms with van der Waals surface area (Å²) in [4.78, 5) is 6.76. The van der Waals surface area contributed by atoms with E-state index in [1.54, 1.807) is 0 Å². The molecule has 1 aliphatic heterocycles. The van der Waals surface area contributed by atoms with Crippen LogP contribution >= 0.6 is 0 Å². The van der Waals surface area contributed by atoms with Crippen molar-refractivity contribution in [3.8, 4) is 5.69 Å². The van der Waals surface area contributed by atoms with Crippen molar-refractivity contribution in [3.63, 3.8) is 0 Å². The van der Waals surface area contributed by atoms with Crippen LogP contribution in [0.1, 0.15) is 35.6 Å². The summed E-state index contributed by atoms with van der Waals surface area (Å²) in [5, 5.41) is 9.79. The molecule has 2 fully saturated rings. The first-order valence-electron chi connectivity index (χ1n) is 11.4. The average Bonchev–Trinajstić information content (AvgIpc) is 3.56. The fourth-order valence-corrected chi connectivity index (χ4v) is 4.96. The first-order chi connectivity index (χ1) is 16.3. The van der Waals surface area contributed by atoms with Crippen molar-refractivity contribution in [3.05, 3.63) is 71.1 Å². The zero-order valence-corrected chi connectivity index (χ0v) is 19.8. The topological polar surface area (TPSA) is 103 Å². The Bertz CT molecular complexity index is 1310. The molecular weight excluding hydrogens is 457 g/mol. The second-order valence-electron chi connectivity index (χ2n) is 9.16. The molecule has 1 atom stereocenters. The molecule has 0 radical (unpaired) electrons. The fraction of sp³-hybridized carbons (Fsp3) is 0.417. The molecule has 34 heavy (non-hydrogen) atoms.